The summed E-state index contributed by atoms with van der Waals surface area (Å²) >= 11 is 5.87. The summed E-state index contributed by atoms with van der Waals surface area (Å²) in [6.45, 7) is 4.85. The highest BCUT2D eigenvalue weighted by molar-refractivity contribution is 7.89. The lowest BCUT2D eigenvalue weighted by Gasteiger charge is -2.31. The van der Waals surface area contributed by atoms with Gasteiger partial charge in [-0.2, -0.15) is 4.31 Å². The molecule has 118 valence electrons. The van der Waals surface area contributed by atoms with Crippen LogP contribution in [-0.2, 0) is 10.0 Å². The zero-order valence-corrected chi connectivity index (χ0v) is 13.6. The van der Waals surface area contributed by atoms with Gasteiger partial charge in [-0.3, -0.25) is 0 Å². The quantitative estimate of drug-likeness (QED) is 0.900. The predicted molar refractivity (Wildman–Crippen MR) is 81.4 cm³/mol. The molecule has 0 amide bonds. The van der Waals surface area contributed by atoms with Crippen molar-refractivity contribution in [2.24, 2.45) is 5.92 Å². The van der Waals surface area contributed by atoms with Gasteiger partial charge in [-0.05, 0) is 50.0 Å². The van der Waals surface area contributed by atoms with E-state index in [2.05, 4.69) is 12.2 Å². The fourth-order valence-corrected chi connectivity index (χ4v) is 4.50. The summed E-state index contributed by atoms with van der Waals surface area (Å²) < 4.78 is 39.6. The van der Waals surface area contributed by atoms with Crippen LogP contribution in [0.3, 0.4) is 0 Å². The average Bonchev–Trinajstić information content (AvgIpc) is 2.45. The Hall–Kier alpha value is -0.690. The van der Waals surface area contributed by atoms with Gasteiger partial charge in [0.1, 0.15) is 10.7 Å². The molecule has 0 spiro atoms. The molecule has 1 aromatic carbocycles. The third-order valence-electron chi connectivity index (χ3n) is 3.77. The average molecular weight is 335 g/mol. The van der Waals surface area contributed by atoms with Gasteiger partial charge >= 0.3 is 0 Å². The van der Waals surface area contributed by atoms with Gasteiger partial charge in [0.05, 0.1) is 5.02 Å². The second kappa shape index (κ2) is 7.05. The molecule has 1 aliphatic heterocycles. The van der Waals surface area contributed by atoms with E-state index >= 15 is 0 Å². The van der Waals surface area contributed by atoms with E-state index in [0.717, 1.165) is 38.1 Å². The third kappa shape index (κ3) is 3.94. The lowest BCUT2D eigenvalue weighted by Crippen LogP contribution is -2.40. The molecule has 1 N–H and O–H groups in total. The Morgan fingerprint density at radius 2 is 2.05 bits per heavy atom. The first-order chi connectivity index (χ1) is 9.95. The minimum Gasteiger partial charge on any atom is -0.317 e. The molecule has 2 rings (SSSR count). The molecular formula is C14H20ClFN2O2S. The lowest BCUT2D eigenvalue weighted by atomic mass is 9.98. The van der Waals surface area contributed by atoms with Crippen molar-refractivity contribution in [2.75, 3.05) is 26.2 Å². The zero-order valence-electron chi connectivity index (χ0n) is 12.0. The van der Waals surface area contributed by atoms with Gasteiger partial charge in [0, 0.05) is 13.1 Å². The van der Waals surface area contributed by atoms with Crippen molar-refractivity contribution < 1.29 is 12.8 Å². The first kappa shape index (κ1) is 16.7. The van der Waals surface area contributed by atoms with E-state index in [9.17, 15) is 12.8 Å². The van der Waals surface area contributed by atoms with Gasteiger partial charge in [0.2, 0.25) is 10.0 Å². The molecule has 4 nitrogen and oxygen atoms in total. The molecule has 0 bridgehead atoms. The molecule has 1 saturated heterocycles. The Balaban J connectivity index is 2.08. The number of hydrogen-bond donors (Lipinski definition) is 1. The van der Waals surface area contributed by atoms with E-state index < -0.39 is 15.8 Å². The van der Waals surface area contributed by atoms with E-state index in [1.165, 1.54) is 10.4 Å². The van der Waals surface area contributed by atoms with Crippen LogP contribution in [-0.4, -0.2) is 38.9 Å². The van der Waals surface area contributed by atoms with Crippen LogP contribution in [0.25, 0.3) is 0 Å². The fraction of sp³-hybridized carbons (Fsp3) is 0.571. The summed E-state index contributed by atoms with van der Waals surface area (Å²) in [6.07, 6.45) is 1.65. The Morgan fingerprint density at radius 3 is 2.62 bits per heavy atom. The SMILES string of the molecule is CCNCC1CCN(S(=O)(=O)c2ccc(F)cc2Cl)CC1. The highest BCUT2D eigenvalue weighted by Crippen LogP contribution is 2.28. The molecule has 1 heterocycles. The Bertz CT molecular complexity index is 587. The topological polar surface area (TPSA) is 49.4 Å². The summed E-state index contributed by atoms with van der Waals surface area (Å²) in [5.74, 6) is -0.0385. The number of nitrogens with zero attached hydrogens (tertiary/aromatic N) is 1. The Labute approximate surface area is 130 Å². The molecule has 1 fully saturated rings. The minimum absolute atomic E-state index is 0.0179. The molecular weight excluding hydrogens is 315 g/mol. The molecule has 7 heteroatoms. The largest absolute Gasteiger partial charge is 0.317 e. The van der Waals surface area contributed by atoms with Gasteiger partial charge < -0.3 is 5.32 Å². The van der Waals surface area contributed by atoms with Crippen molar-refractivity contribution in [1.82, 2.24) is 9.62 Å². The summed E-state index contributed by atoms with van der Waals surface area (Å²) in [5.41, 5.74) is 0. The van der Waals surface area contributed by atoms with Crippen LogP contribution in [0.2, 0.25) is 5.02 Å². The minimum atomic E-state index is -3.64. The van der Waals surface area contributed by atoms with Gasteiger partial charge in [-0.1, -0.05) is 18.5 Å². The third-order valence-corrected chi connectivity index (χ3v) is 6.15. The van der Waals surface area contributed by atoms with E-state index in [-0.39, 0.29) is 9.92 Å². The molecule has 0 saturated carbocycles. The van der Waals surface area contributed by atoms with Crippen LogP contribution in [0, 0.1) is 11.7 Å². The maximum Gasteiger partial charge on any atom is 0.244 e. The van der Waals surface area contributed by atoms with Crippen molar-refractivity contribution in [3.8, 4) is 0 Å². The molecule has 21 heavy (non-hydrogen) atoms. The van der Waals surface area contributed by atoms with Crippen molar-refractivity contribution in [1.29, 1.82) is 0 Å². The molecule has 1 aliphatic rings. The van der Waals surface area contributed by atoms with Crippen LogP contribution >= 0.6 is 11.6 Å². The molecule has 1 aromatic rings. The fourth-order valence-electron chi connectivity index (χ4n) is 2.53. The van der Waals surface area contributed by atoms with Crippen LogP contribution in [0.1, 0.15) is 19.8 Å². The monoisotopic (exact) mass is 334 g/mol. The van der Waals surface area contributed by atoms with Gasteiger partial charge in [-0.15, -0.1) is 0 Å². The maximum absolute atomic E-state index is 13.0. The van der Waals surface area contributed by atoms with Crippen LogP contribution in [0.15, 0.2) is 23.1 Å². The maximum atomic E-state index is 13.0. The van der Waals surface area contributed by atoms with E-state index in [4.69, 9.17) is 11.6 Å². The molecule has 0 aromatic heterocycles. The van der Waals surface area contributed by atoms with Crippen molar-refractivity contribution >= 4 is 21.6 Å². The van der Waals surface area contributed by atoms with E-state index in [1.807, 2.05) is 0 Å². The van der Waals surface area contributed by atoms with Gasteiger partial charge in [-0.25, -0.2) is 12.8 Å². The second-order valence-corrected chi connectivity index (χ2v) is 7.54. The Morgan fingerprint density at radius 1 is 1.38 bits per heavy atom. The molecule has 0 aliphatic carbocycles. The molecule has 0 unspecified atom stereocenters. The van der Waals surface area contributed by atoms with Crippen molar-refractivity contribution in [3.05, 3.63) is 29.0 Å². The number of nitrogens with one attached hydrogen (secondary N) is 1. The number of benzene rings is 1. The van der Waals surface area contributed by atoms with Gasteiger partial charge in [0.15, 0.2) is 0 Å². The first-order valence-corrected chi connectivity index (χ1v) is 8.93. The standard InChI is InChI=1S/C14H20ClFN2O2S/c1-2-17-10-11-5-7-18(8-6-11)21(19,20)14-4-3-12(16)9-13(14)15/h3-4,9,11,17H,2,5-8,10H2,1H3. The normalized spacial score (nSPS) is 18.0. The lowest BCUT2D eigenvalue weighted by molar-refractivity contribution is 0.268. The summed E-state index contributed by atoms with van der Waals surface area (Å²) in [6, 6.07) is 3.39. The highest BCUT2D eigenvalue weighted by atomic mass is 35.5. The number of hydrogen-bond acceptors (Lipinski definition) is 3. The van der Waals surface area contributed by atoms with Crippen molar-refractivity contribution in [3.63, 3.8) is 0 Å². The number of piperidine rings is 1. The number of sulfonamides is 1. The summed E-state index contributed by atoms with van der Waals surface area (Å²) in [7, 11) is -3.64. The van der Waals surface area contributed by atoms with E-state index in [0.29, 0.717) is 19.0 Å². The Kier molecular flexibility index (Phi) is 5.60. The van der Waals surface area contributed by atoms with Crippen LogP contribution < -0.4 is 5.32 Å². The summed E-state index contributed by atoms with van der Waals surface area (Å²) in [4.78, 5) is -0.0179. The zero-order chi connectivity index (χ0) is 15.5. The number of rotatable bonds is 5. The second-order valence-electron chi connectivity index (χ2n) is 5.23. The highest BCUT2D eigenvalue weighted by Gasteiger charge is 2.30. The van der Waals surface area contributed by atoms with Gasteiger partial charge in [0.25, 0.3) is 0 Å². The molecule has 0 atom stereocenters. The number of halogens is 2. The first-order valence-electron chi connectivity index (χ1n) is 7.11. The van der Waals surface area contributed by atoms with Crippen LogP contribution in [0.4, 0.5) is 4.39 Å². The predicted octanol–water partition coefficient (Wildman–Crippen LogP) is 2.49. The van der Waals surface area contributed by atoms with Crippen LogP contribution in [0.5, 0.6) is 0 Å². The van der Waals surface area contributed by atoms with Crippen molar-refractivity contribution in [2.45, 2.75) is 24.7 Å². The molecule has 0 radical (unpaired) electrons. The smallest absolute Gasteiger partial charge is 0.244 e. The van der Waals surface area contributed by atoms with E-state index in [1.54, 1.807) is 0 Å². The summed E-state index contributed by atoms with van der Waals surface area (Å²) in [5, 5.41) is 3.22.